The monoisotopic (exact) mass is 318 g/mol. The highest BCUT2D eigenvalue weighted by molar-refractivity contribution is 6.01. The Kier molecular flexibility index (Phi) is 5.16. The SMILES string of the molecule is CCc1ccc([C@@H]2CCCCCN2CCN2C(=O)CCC2=O)o1. The molecule has 1 aromatic rings. The van der Waals surface area contributed by atoms with Gasteiger partial charge in [0.25, 0.3) is 0 Å². The molecular weight excluding hydrogens is 292 g/mol. The smallest absolute Gasteiger partial charge is 0.229 e. The first-order chi connectivity index (χ1) is 11.2. The van der Waals surface area contributed by atoms with E-state index in [2.05, 4.69) is 24.0 Å². The van der Waals surface area contributed by atoms with E-state index in [0.29, 0.717) is 19.4 Å². The summed E-state index contributed by atoms with van der Waals surface area (Å²) in [5.41, 5.74) is 0. The third kappa shape index (κ3) is 3.66. The summed E-state index contributed by atoms with van der Waals surface area (Å²) in [5.74, 6) is 2.01. The van der Waals surface area contributed by atoms with Crippen LogP contribution in [0.5, 0.6) is 0 Å². The van der Waals surface area contributed by atoms with Gasteiger partial charge in [-0.2, -0.15) is 0 Å². The quantitative estimate of drug-likeness (QED) is 0.783. The summed E-state index contributed by atoms with van der Waals surface area (Å²) >= 11 is 0. The minimum absolute atomic E-state index is 0.0207. The van der Waals surface area contributed by atoms with Crippen LogP contribution in [0, 0.1) is 0 Å². The lowest BCUT2D eigenvalue weighted by molar-refractivity contribution is -0.138. The Balaban J connectivity index is 1.68. The molecule has 0 saturated carbocycles. The summed E-state index contributed by atoms with van der Waals surface area (Å²) in [5, 5.41) is 0. The highest BCUT2D eigenvalue weighted by Gasteiger charge is 2.31. The first kappa shape index (κ1) is 16.2. The molecule has 2 fully saturated rings. The number of imide groups is 1. The molecule has 1 aromatic heterocycles. The van der Waals surface area contributed by atoms with Gasteiger partial charge in [0, 0.05) is 32.4 Å². The normalized spacial score (nSPS) is 23.5. The minimum Gasteiger partial charge on any atom is -0.464 e. The van der Waals surface area contributed by atoms with Crippen molar-refractivity contribution in [3.8, 4) is 0 Å². The zero-order valence-electron chi connectivity index (χ0n) is 13.9. The van der Waals surface area contributed by atoms with Crippen LogP contribution in [-0.4, -0.2) is 41.2 Å². The van der Waals surface area contributed by atoms with Gasteiger partial charge < -0.3 is 4.42 Å². The summed E-state index contributed by atoms with van der Waals surface area (Å²) in [4.78, 5) is 27.4. The van der Waals surface area contributed by atoms with Crippen molar-refractivity contribution in [2.45, 2.75) is 57.9 Å². The van der Waals surface area contributed by atoms with E-state index in [9.17, 15) is 9.59 Å². The van der Waals surface area contributed by atoms with Crippen molar-refractivity contribution in [2.75, 3.05) is 19.6 Å². The molecule has 0 bridgehead atoms. The molecule has 0 unspecified atom stereocenters. The minimum atomic E-state index is -0.0207. The summed E-state index contributed by atoms with van der Waals surface area (Å²) in [7, 11) is 0. The Morgan fingerprint density at radius 3 is 2.57 bits per heavy atom. The molecule has 2 aliphatic rings. The molecular formula is C18H26N2O3. The molecule has 3 heterocycles. The maximum Gasteiger partial charge on any atom is 0.229 e. The number of carbonyl (C=O) groups is 2. The molecule has 2 aliphatic heterocycles. The van der Waals surface area contributed by atoms with Crippen LogP contribution in [0.15, 0.2) is 16.5 Å². The molecule has 5 nitrogen and oxygen atoms in total. The Labute approximate surface area is 137 Å². The largest absolute Gasteiger partial charge is 0.464 e. The molecule has 2 amide bonds. The number of hydrogen-bond donors (Lipinski definition) is 0. The number of hydrogen-bond acceptors (Lipinski definition) is 4. The fourth-order valence-corrected chi connectivity index (χ4v) is 3.62. The van der Waals surface area contributed by atoms with Crippen LogP contribution < -0.4 is 0 Å². The zero-order chi connectivity index (χ0) is 16.2. The van der Waals surface area contributed by atoms with E-state index >= 15 is 0 Å². The molecule has 126 valence electrons. The number of rotatable bonds is 5. The van der Waals surface area contributed by atoms with Gasteiger partial charge in [0.1, 0.15) is 11.5 Å². The highest BCUT2D eigenvalue weighted by Crippen LogP contribution is 2.31. The fourth-order valence-electron chi connectivity index (χ4n) is 3.62. The number of amides is 2. The molecule has 0 N–H and O–H groups in total. The lowest BCUT2D eigenvalue weighted by Gasteiger charge is -2.29. The number of likely N-dealkylation sites (tertiary alicyclic amines) is 2. The van der Waals surface area contributed by atoms with Crippen LogP contribution in [0.2, 0.25) is 0 Å². The standard InChI is InChI=1S/C18H26N2O3/c1-2-14-7-8-16(23-14)15-6-4-3-5-11-19(15)12-13-20-17(21)9-10-18(20)22/h7-8,15H,2-6,9-13H2,1H3/t15-/m0/s1. The first-order valence-corrected chi connectivity index (χ1v) is 8.85. The van der Waals surface area contributed by atoms with Gasteiger partial charge in [0.05, 0.1) is 6.04 Å². The molecule has 0 spiro atoms. The van der Waals surface area contributed by atoms with Crippen molar-refractivity contribution in [3.05, 3.63) is 23.7 Å². The lowest BCUT2D eigenvalue weighted by atomic mass is 10.1. The van der Waals surface area contributed by atoms with E-state index in [0.717, 1.165) is 37.5 Å². The summed E-state index contributed by atoms with van der Waals surface area (Å²) in [6.45, 7) is 4.35. The van der Waals surface area contributed by atoms with Crippen LogP contribution >= 0.6 is 0 Å². The van der Waals surface area contributed by atoms with Gasteiger partial charge in [0.15, 0.2) is 0 Å². The van der Waals surface area contributed by atoms with Crippen molar-refractivity contribution in [1.29, 1.82) is 0 Å². The third-order valence-electron chi connectivity index (χ3n) is 4.99. The summed E-state index contributed by atoms with van der Waals surface area (Å²) < 4.78 is 5.98. The maximum absolute atomic E-state index is 11.8. The molecule has 5 heteroatoms. The Morgan fingerprint density at radius 1 is 1.09 bits per heavy atom. The average Bonchev–Trinajstić information content (AvgIpc) is 3.07. The van der Waals surface area contributed by atoms with Crippen LogP contribution in [0.3, 0.4) is 0 Å². The number of aryl methyl sites for hydroxylation is 1. The molecule has 0 aromatic carbocycles. The fraction of sp³-hybridized carbons (Fsp3) is 0.667. The molecule has 0 radical (unpaired) electrons. The van der Waals surface area contributed by atoms with Crippen molar-refractivity contribution >= 4 is 11.8 Å². The first-order valence-electron chi connectivity index (χ1n) is 8.85. The van der Waals surface area contributed by atoms with E-state index in [1.54, 1.807) is 0 Å². The Morgan fingerprint density at radius 2 is 1.87 bits per heavy atom. The van der Waals surface area contributed by atoms with Gasteiger partial charge in [0.2, 0.25) is 11.8 Å². The van der Waals surface area contributed by atoms with Crippen molar-refractivity contribution in [1.82, 2.24) is 9.80 Å². The van der Waals surface area contributed by atoms with Gasteiger partial charge in [-0.1, -0.05) is 19.8 Å². The van der Waals surface area contributed by atoms with E-state index in [-0.39, 0.29) is 17.9 Å². The molecule has 1 atom stereocenters. The van der Waals surface area contributed by atoms with Crippen LogP contribution in [0.4, 0.5) is 0 Å². The maximum atomic E-state index is 11.8. The lowest BCUT2D eigenvalue weighted by Crippen LogP contribution is -2.39. The average molecular weight is 318 g/mol. The van der Waals surface area contributed by atoms with Gasteiger partial charge in [-0.15, -0.1) is 0 Å². The Bertz CT molecular complexity index is 550. The van der Waals surface area contributed by atoms with Crippen molar-refractivity contribution in [2.24, 2.45) is 0 Å². The Hall–Kier alpha value is -1.62. The topological polar surface area (TPSA) is 53.8 Å². The number of carbonyl (C=O) groups excluding carboxylic acids is 2. The second-order valence-corrected chi connectivity index (χ2v) is 6.50. The number of nitrogens with zero attached hydrogens (tertiary/aromatic N) is 2. The van der Waals surface area contributed by atoms with Gasteiger partial charge in [-0.3, -0.25) is 19.4 Å². The van der Waals surface area contributed by atoms with Crippen LogP contribution in [-0.2, 0) is 16.0 Å². The van der Waals surface area contributed by atoms with Gasteiger partial charge in [-0.05, 0) is 31.5 Å². The van der Waals surface area contributed by atoms with Gasteiger partial charge >= 0.3 is 0 Å². The predicted molar refractivity (Wildman–Crippen MR) is 86.8 cm³/mol. The highest BCUT2D eigenvalue weighted by atomic mass is 16.3. The summed E-state index contributed by atoms with van der Waals surface area (Å²) in [6, 6.07) is 4.42. The van der Waals surface area contributed by atoms with E-state index < -0.39 is 0 Å². The second-order valence-electron chi connectivity index (χ2n) is 6.50. The van der Waals surface area contributed by atoms with Gasteiger partial charge in [-0.25, -0.2) is 0 Å². The molecule has 23 heavy (non-hydrogen) atoms. The molecule has 2 saturated heterocycles. The van der Waals surface area contributed by atoms with Crippen molar-refractivity contribution < 1.29 is 14.0 Å². The van der Waals surface area contributed by atoms with E-state index in [1.807, 2.05) is 0 Å². The molecule has 3 rings (SSSR count). The van der Waals surface area contributed by atoms with E-state index in [1.165, 1.54) is 24.2 Å². The van der Waals surface area contributed by atoms with Crippen LogP contribution in [0.1, 0.15) is 63.0 Å². The van der Waals surface area contributed by atoms with E-state index in [4.69, 9.17) is 4.42 Å². The second kappa shape index (κ2) is 7.30. The zero-order valence-corrected chi connectivity index (χ0v) is 13.9. The number of furan rings is 1. The van der Waals surface area contributed by atoms with Crippen LogP contribution in [0.25, 0.3) is 0 Å². The van der Waals surface area contributed by atoms with Crippen molar-refractivity contribution in [3.63, 3.8) is 0 Å². The summed E-state index contributed by atoms with van der Waals surface area (Å²) in [6.07, 6.45) is 6.34. The third-order valence-corrected chi connectivity index (χ3v) is 4.99. The molecule has 0 aliphatic carbocycles. The predicted octanol–water partition coefficient (Wildman–Crippen LogP) is 2.91.